The van der Waals surface area contributed by atoms with E-state index in [0.29, 0.717) is 29.6 Å². The zero-order valence-corrected chi connectivity index (χ0v) is 14.9. The number of benzene rings is 2. The van der Waals surface area contributed by atoms with Gasteiger partial charge in [0.05, 0.1) is 15.7 Å². The highest BCUT2D eigenvalue weighted by molar-refractivity contribution is 6.39. The van der Waals surface area contributed by atoms with Crippen molar-refractivity contribution in [3.63, 3.8) is 0 Å². The van der Waals surface area contributed by atoms with Gasteiger partial charge >= 0.3 is 0 Å². The second-order valence-corrected chi connectivity index (χ2v) is 6.74. The van der Waals surface area contributed by atoms with E-state index in [1.165, 1.54) is 5.56 Å². The predicted molar refractivity (Wildman–Crippen MR) is 100 cm³/mol. The van der Waals surface area contributed by atoms with E-state index in [9.17, 15) is 4.79 Å². The Hall–Kier alpha value is -1.71. The quantitative estimate of drug-likeness (QED) is 0.810. The van der Waals surface area contributed by atoms with Gasteiger partial charge in [-0.1, -0.05) is 59.6 Å². The summed E-state index contributed by atoms with van der Waals surface area (Å²) >= 11 is 12.5. The third-order valence-electron chi connectivity index (χ3n) is 4.36. The Morgan fingerprint density at radius 2 is 1.50 bits per heavy atom. The van der Waals surface area contributed by atoms with Gasteiger partial charge in [-0.05, 0) is 24.1 Å². The van der Waals surface area contributed by atoms with Gasteiger partial charge in [0, 0.05) is 32.6 Å². The Balaban J connectivity index is 1.54. The Morgan fingerprint density at radius 3 is 2.12 bits per heavy atom. The van der Waals surface area contributed by atoms with Crippen molar-refractivity contribution in [2.45, 2.75) is 12.8 Å². The Bertz CT molecular complexity index is 678. The summed E-state index contributed by atoms with van der Waals surface area (Å²) in [4.78, 5) is 16.5. The van der Waals surface area contributed by atoms with Crippen LogP contribution < -0.4 is 4.90 Å². The van der Waals surface area contributed by atoms with Crippen LogP contribution in [0.25, 0.3) is 0 Å². The van der Waals surface area contributed by atoms with Crippen LogP contribution in [0.4, 0.5) is 5.69 Å². The number of halogens is 2. The first-order chi connectivity index (χ1) is 11.6. The zero-order chi connectivity index (χ0) is 16.9. The number of hydrogen-bond acceptors (Lipinski definition) is 2. The summed E-state index contributed by atoms with van der Waals surface area (Å²) in [5.74, 6) is 0.212. The number of para-hydroxylation sites is 1. The molecule has 0 saturated carbocycles. The van der Waals surface area contributed by atoms with Crippen molar-refractivity contribution < 1.29 is 4.79 Å². The van der Waals surface area contributed by atoms with Crippen LogP contribution >= 0.6 is 23.2 Å². The molecule has 3 rings (SSSR count). The van der Waals surface area contributed by atoms with E-state index in [-0.39, 0.29) is 5.91 Å². The van der Waals surface area contributed by atoms with Crippen molar-refractivity contribution in [1.82, 2.24) is 4.90 Å². The third-order valence-corrected chi connectivity index (χ3v) is 4.97. The van der Waals surface area contributed by atoms with Crippen LogP contribution in [-0.4, -0.2) is 37.0 Å². The number of carbonyl (C=O) groups excluding carboxylic acids is 1. The maximum atomic E-state index is 12.4. The van der Waals surface area contributed by atoms with Crippen molar-refractivity contribution in [2.75, 3.05) is 31.1 Å². The highest BCUT2D eigenvalue weighted by Gasteiger charge is 2.23. The SMILES string of the molecule is O=C(CCc1ccccc1)N1CCN(c2c(Cl)cccc2Cl)CC1. The van der Waals surface area contributed by atoms with Crippen LogP contribution in [0.2, 0.25) is 10.0 Å². The number of hydrogen-bond donors (Lipinski definition) is 0. The molecular weight excluding hydrogens is 343 g/mol. The van der Waals surface area contributed by atoms with Crippen LogP contribution in [0.15, 0.2) is 48.5 Å². The summed E-state index contributed by atoms with van der Waals surface area (Å²) in [6, 6.07) is 15.7. The average Bonchev–Trinajstić information content (AvgIpc) is 2.61. The molecule has 1 fully saturated rings. The number of amides is 1. The Morgan fingerprint density at radius 1 is 0.875 bits per heavy atom. The van der Waals surface area contributed by atoms with Crippen molar-refractivity contribution in [3.05, 3.63) is 64.1 Å². The molecule has 0 unspecified atom stereocenters. The van der Waals surface area contributed by atoms with Gasteiger partial charge in [-0.3, -0.25) is 4.79 Å². The summed E-state index contributed by atoms with van der Waals surface area (Å²) in [5.41, 5.74) is 2.07. The lowest BCUT2D eigenvalue weighted by molar-refractivity contribution is -0.131. The smallest absolute Gasteiger partial charge is 0.223 e. The standard InChI is InChI=1S/C19H20Cl2N2O/c20-16-7-4-8-17(21)19(16)23-13-11-22(12-14-23)18(24)10-9-15-5-2-1-3-6-15/h1-8H,9-14H2. The molecule has 0 spiro atoms. The zero-order valence-electron chi connectivity index (χ0n) is 13.4. The van der Waals surface area contributed by atoms with E-state index in [0.717, 1.165) is 25.2 Å². The second-order valence-electron chi connectivity index (χ2n) is 5.92. The molecular formula is C19H20Cl2N2O. The number of aryl methyl sites for hydroxylation is 1. The Labute approximate surface area is 152 Å². The van der Waals surface area contributed by atoms with Gasteiger partial charge in [-0.15, -0.1) is 0 Å². The lowest BCUT2D eigenvalue weighted by atomic mass is 10.1. The van der Waals surface area contributed by atoms with Crippen LogP contribution in [0.5, 0.6) is 0 Å². The summed E-state index contributed by atoms with van der Waals surface area (Å²) < 4.78 is 0. The number of rotatable bonds is 4. The van der Waals surface area contributed by atoms with Crippen molar-refractivity contribution >= 4 is 34.8 Å². The van der Waals surface area contributed by atoms with E-state index in [2.05, 4.69) is 17.0 Å². The van der Waals surface area contributed by atoms with Gasteiger partial charge in [-0.2, -0.15) is 0 Å². The van der Waals surface area contributed by atoms with E-state index in [4.69, 9.17) is 23.2 Å². The summed E-state index contributed by atoms with van der Waals surface area (Å²) in [6.07, 6.45) is 1.34. The first-order valence-corrected chi connectivity index (χ1v) is 8.91. The van der Waals surface area contributed by atoms with E-state index in [1.807, 2.05) is 41.3 Å². The monoisotopic (exact) mass is 362 g/mol. The first kappa shape index (κ1) is 17.1. The number of anilines is 1. The van der Waals surface area contributed by atoms with Crippen LogP contribution in [0.3, 0.4) is 0 Å². The lowest BCUT2D eigenvalue weighted by Gasteiger charge is -2.37. The molecule has 0 atom stereocenters. The van der Waals surface area contributed by atoms with Crippen molar-refractivity contribution in [1.29, 1.82) is 0 Å². The molecule has 1 saturated heterocycles. The van der Waals surface area contributed by atoms with Crippen LogP contribution in [-0.2, 0) is 11.2 Å². The average molecular weight is 363 g/mol. The van der Waals surface area contributed by atoms with Crippen molar-refractivity contribution in [2.24, 2.45) is 0 Å². The number of nitrogens with zero attached hydrogens (tertiary/aromatic N) is 2. The highest BCUT2D eigenvalue weighted by atomic mass is 35.5. The van der Waals surface area contributed by atoms with E-state index in [1.54, 1.807) is 0 Å². The topological polar surface area (TPSA) is 23.6 Å². The maximum absolute atomic E-state index is 12.4. The molecule has 3 nitrogen and oxygen atoms in total. The molecule has 126 valence electrons. The minimum atomic E-state index is 0.212. The highest BCUT2D eigenvalue weighted by Crippen LogP contribution is 2.34. The molecule has 0 N–H and O–H groups in total. The molecule has 24 heavy (non-hydrogen) atoms. The molecule has 2 aromatic carbocycles. The summed E-state index contributed by atoms with van der Waals surface area (Å²) in [5, 5.41) is 1.32. The summed E-state index contributed by atoms with van der Waals surface area (Å²) in [7, 11) is 0. The van der Waals surface area contributed by atoms with Crippen molar-refractivity contribution in [3.8, 4) is 0 Å². The molecule has 0 aliphatic carbocycles. The lowest BCUT2D eigenvalue weighted by Crippen LogP contribution is -2.49. The van der Waals surface area contributed by atoms with Crippen LogP contribution in [0.1, 0.15) is 12.0 Å². The molecule has 1 amide bonds. The van der Waals surface area contributed by atoms with Gasteiger partial charge in [0.15, 0.2) is 0 Å². The summed E-state index contributed by atoms with van der Waals surface area (Å²) in [6.45, 7) is 2.91. The molecule has 2 aromatic rings. The van der Waals surface area contributed by atoms with Crippen LogP contribution in [0, 0.1) is 0 Å². The first-order valence-electron chi connectivity index (χ1n) is 8.16. The maximum Gasteiger partial charge on any atom is 0.223 e. The normalized spacial score (nSPS) is 14.8. The molecule has 0 aromatic heterocycles. The predicted octanol–water partition coefficient (Wildman–Crippen LogP) is 4.27. The Kier molecular flexibility index (Phi) is 5.64. The fourth-order valence-electron chi connectivity index (χ4n) is 3.02. The fourth-order valence-corrected chi connectivity index (χ4v) is 3.66. The van der Waals surface area contributed by atoms with Gasteiger partial charge < -0.3 is 9.80 Å². The molecule has 1 heterocycles. The largest absolute Gasteiger partial charge is 0.366 e. The fraction of sp³-hybridized carbons (Fsp3) is 0.316. The number of piperazine rings is 1. The molecule has 0 bridgehead atoms. The molecule has 0 radical (unpaired) electrons. The molecule has 1 aliphatic heterocycles. The number of carbonyl (C=O) groups is 1. The minimum absolute atomic E-state index is 0.212. The second kappa shape index (κ2) is 7.91. The third kappa shape index (κ3) is 4.03. The molecule has 1 aliphatic rings. The minimum Gasteiger partial charge on any atom is -0.366 e. The van der Waals surface area contributed by atoms with E-state index < -0.39 is 0 Å². The van der Waals surface area contributed by atoms with E-state index >= 15 is 0 Å². The van der Waals surface area contributed by atoms with Gasteiger partial charge in [0.2, 0.25) is 5.91 Å². The van der Waals surface area contributed by atoms with Gasteiger partial charge in [-0.25, -0.2) is 0 Å². The van der Waals surface area contributed by atoms with Gasteiger partial charge in [0.25, 0.3) is 0 Å². The van der Waals surface area contributed by atoms with Gasteiger partial charge in [0.1, 0.15) is 0 Å². The molecule has 5 heteroatoms.